The first-order valence-corrected chi connectivity index (χ1v) is 10.3. The minimum atomic E-state index is -0.971. The molecule has 4 heteroatoms. The molecule has 0 unspecified atom stereocenters. The van der Waals surface area contributed by atoms with Gasteiger partial charge < -0.3 is 4.23 Å². The van der Waals surface area contributed by atoms with Crippen molar-refractivity contribution in [2.75, 3.05) is 7.05 Å². The molecule has 1 nitrogen and oxygen atoms in total. The van der Waals surface area contributed by atoms with Crippen molar-refractivity contribution in [3.63, 3.8) is 0 Å². The maximum Gasteiger partial charge on any atom is 0.111 e. The average molecular weight is 229 g/mol. The first-order chi connectivity index (χ1) is 4.93. The van der Waals surface area contributed by atoms with Crippen molar-refractivity contribution in [3.05, 3.63) is 0 Å². The molecule has 0 spiro atoms. The quantitative estimate of drug-likeness (QED) is 0.667. The van der Waals surface area contributed by atoms with Gasteiger partial charge in [-0.15, -0.1) is 0 Å². The van der Waals surface area contributed by atoms with Gasteiger partial charge in [-0.2, -0.15) is 0 Å². The summed E-state index contributed by atoms with van der Waals surface area (Å²) in [4.78, 5) is 0. The minimum Gasteiger partial charge on any atom is -0.351 e. The van der Waals surface area contributed by atoms with Gasteiger partial charge in [0.05, 0.1) is 0 Å². The second-order valence-electron chi connectivity index (χ2n) is 4.25. The van der Waals surface area contributed by atoms with E-state index in [9.17, 15) is 0 Å². The van der Waals surface area contributed by atoms with Crippen molar-refractivity contribution in [3.8, 4) is 0 Å². The molecule has 12 heavy (non-hydrogen) atoms. The van der Waals surface area contributed by atoms with Crippen LogP contribution >= 0.6 is 0 Å². The predicted octanol–water partition coefficient (Wildman–Crippen LogP) is 2.14. The maximum atomic E-state index is 2.74. The Balaban J connectivity index is 0. The van der Waals surface area contributed by atoms with Crippen LogP contribution in [0.4, 0.5) is 0 Å². The smallest absolute Gasteiger partial charge is 0.111 e. The van der Waals surface area contributed by atoms with E-state index in [1.54, 1.807) is 0 Å². The fraction of sp³-hybridized carbons (Fsp3) is 1.00. The Hall–Kier alpha value is 2.03. The second-order valence-corrected chi connectivity index (χ2v) is 13.5. The predicted molar refractivity (Wildman–Crippen MR) is 65.0 cm³/mol. The molecule has 1 radical (unpaired) electrons. The average Bonchev–Trinajstić information content (AvgIpc) is 1.88. The van der Waals surface area contributed by atoms with Gasteiger partial charge >= 0.3 is 0 Å². The molecule has 0 bridgehead atoms. The molecule has 0 atom stereocenters. The molecule has 0 fully saturated rings. The van der Waals surface area contributed by atoms with E-state index in [0.717, 1.165) is 0 Å². The maximum absolute atomic E-state index is 2.74. The van der Waals surface area contributed by atoms with Crippen LogP contribution in [0.25, 0.3) is 0 Å². The molecule has 0 aliphatic heterocycles. The van der Waals surface area contributed by atoms with Crippen molar-refractivity contribution in [1.29, 1.82) is 0 Å². The second kappa shape index (κ2) is 7.34. The summed E-state index contributed by atoms with van der Waals surface area (Å²) in [5.41, 5.74) is 0. The van der Waals surface area contributed by atoms with E-state index in [4.69, 9.17) is 0 Å². The molecule has 0 amide bonds. The fourth-order valence-corrected chi connectivity index (χ4v) is 8.53. The molecule has 0 aliphatic carbocycles. The van der Waals surface area contributed by atoms with Crippen LogP contribution < -0.4 is 0 Å². The van der Waals surface area contributed by atoms with Gasteiger partial charge in [0.25, 0.3) is 0 Å². The monoisotopic (exact) mass is 228 g/mol. The molecule has 0 saturated heterocycles. The number of hydrogen-bond donors (Lipinski definition) is 0. The molecule has 69 valence electrons. The Bertz CT molecular complexity index is 110. The van der Waals surface area contributed by atoms with Crippen molar-refractivity contribution in [1.82, 2.24) is 4.23 Å². The first kappa shape index (κ1) is 16.5. The van der Waals surface area contributed by atoms with Crippen molar-refractivity contribution >= 4 is 68.6 Å². The summed E-state index contributed by atoms with van der Waals surface area (Å²) in [5, 5.41) is 0. The molecule has 0 heterocycles. The van der Waals surface area contributed by atoms with E-state index in [0.29, 0.717) is 0 Å². The van der Waals surface area contributed by atoms with E-state index in [1.807, 2.05) is 0 Å². The van der Waals surface area contributed by atoms with Crippen LogP contribution in [-0.4, -0.2) is 79.9 Å². The minimum absolute atomic E-state index is 0. The SMILES string of the molecule is CC[SiH](CC)N(C)[Si](C)(C)C.[K]. The third kappa shape index (κ3) is 5.70. The van der Waals surface area contributed by atoms with Crippen LogP contribution in [0.1, 0.15) is 13.8 Å². The Labute approximate surface area is 123 Å². The number of rotatable bonds is 4. The summed E-state index contributed by atoms with van der Waals surface area (Å²) < 4.78 is 2.74. The summed E-state index contributed by atoms with van der Waals surface area (Å²) in [6.07, 6.45) is 0. The van der Waals surface area contributed by atoms with Crippen LogP contribution in [0.3, 0.4) is 0 Å². The molecule has 0 aromatic heterocycles. The Kier molecular flexibility index (Phi) is 10.1. The van der Waals surface area contributed by atoms with Gasteiger partial charge in [0.2, 0.25) is 0 Å². The first-order valence-electron chi connectivity index (χ1n) is 4.66. The van der Waals surface area contributed by atoms with E-state index in [-0.39, 0.29) is 51.4 Å². The molecule has 0 aromatic carbocycles. The van der Waals surface area contributed by atoms with Gasteiger partial charge in [-0.3, -0.25) is 0 Å². The van der Waals surface area contributed by atoms with E-state index < -0.39 is 17.2 Å². The summed E-state index contributed by atoms with van der Waals surface area (Å²) in [6.45, 7) is 12.0. The van der Waals surface area contributed by atoms with E-state index in [2.05, 4.69) is 44.8 Å². The Morgan fingerprint density at radius 2 is 1.42 bits per heavy atom. The third-order valence-electron chi connectivity index (χ3n) is 2.55. The van der Waals surface area contributed by atoms with E-state index in [1.165, 1.54) is 12.1 Å². The van der Waals surface area contributed by atoms with Crippen molar-refractivity contribution < 1.29 is 0 Å². The van der Waals surface area contributed by atoms with Gasteiger partial charge in [0, 0.05) is 51.4 Å². The molecule has 0 saturated carbocycles. The number of hydrogen-bond acceptors (Lipinski definition) is 1. The zero-order valence-electron chi connectivity index (χ0n) is 9.94. The molecular weight excluding hydrogens is 205 g/mol. The van der Waals surface area contributed by atoms with Crippen LogP contribution in [0.2, 0.25) is 31.7 Å². The molecule has 0 aromatic rings. The normalized spacial score (nSPS) is 12.0. The summed E-state index contributed by atoms with van der Waals surface area (Å²) in [7, 11) is 0.857. The van der Waals surface area contributed by atoms with Gasteiger partial charge in [0.15, 0.2) is 0 Å². The molecule has 0 N–H and O–H groups in total. The van der Waals surface area contributed by atoms with Gasteiger partial charge in [-0.1, -0.05) is 45.6 Å². The summed E-state index contributed by atoms with van der Waals surface area (Å²) in [5.74, 6) is 0. The van der Waals surface area contributed by atoms with Gasteiger partial charge in [-0.25, -0.2) is 0 Å². The topological polar surface area (TPSA) is 3.24 Å². The zero-order valence-corrected chi connectivity index (χ0v) is 15.2. The summed E-state index contributed by atoms with van der Waals surface area (Å²) >= 11 is 0. The fourth-order valence-electron chi connectivity index (χ4n) is 1.38. The Morgan fingerprint density at radius 3 is 1.50 bits per heavy atom. The van der Waals surface area contributed by atoms with Crippen LogP contribution in [0.5, 0.6) is 0 Å². The molecular formula is C8H23KNSi2. The number of nitrogens with zero attached hydrogens (tertiary/aromatic N) is 1. The van der Waals surface area contributed by atoms with Crippen molar-refractivity contribution in [2.45, 2.75) is 45.6 Å². The largest absolute Gasteiger partial charge is 0.351 e. The molecule has 0 aliphatic rings. The third-order valence-corrected chi connectivity index (χ3v) is 11.1. The van der Waals surface area contributed by atoms with Gasteiger partial charge in [0.1, 0.15) is 17.2 Å². The van der Waals surface area contributed by atoms with Crippen LogP contribution in [0.15, 0.2) is 0 Å². The zero-order chi connectivity index (χ0) is 9.07. The molecule has 0 rings (SSSR count). The van der Waals surface area contributed by atoms with Crippen LogP contribution in [0, 0.1) is 0 Å². The summed E-state index contributed by atoms with van der Waals surface area (Å²) in [6, 6.07) is 2.86. The van der Waals surface area contributed by atoms with E-state index >= 15 is 0 Å². The Morgan fingerprint density at radius 1 is 1.08 bits per heavy atom. The van der Waals surface area contributed by atoms with Crippen molar-refractivity contribution in [2.24, 2.45) is 0 Å². The van der Waals surface area contributed by atoms with Gasteiger partial charge in [-0.05, 0) is 7.05 Å². The standard InChI is InChI=1S/C8H23NSi2.K/c1-7-10(8-2)9(3)11(4,5)6;/h10H,7-8H2,1-6H3;. The van der Waals surface area contributed by atoms with Crippen LogP contribution in [-0.2, 0) is 0 Å².